The number of nitrogens with zero attached hydrogens (tertiary/aromatic N) is 2. The Hall–Kier alpha value is -1.46. The van der Waals surface area contributed by atoms with Gasteiger partial charge in [0.2, 0.25) is 0 Å². The fourth-order valence-corrected chi connectivity index (χ4v) is 2.62. The first kappa shape index (κ1) is 13.0. The quantitative estimate of drug-likeness (QED) is 0.864. The number of likely N-dealkylation sites (N-methyl/N-ethyl adjacent to an activating group) is 1. The molecule has 18 heavy (non-hydrogen) atoms. The van der Waals surface area contributed by atoms with Crippen molar-refractivity contribution in [3.05, 3.63) is 23.2 Å². The summed E-state index contributed by atoms with van der Waals surface area (Å²) in [6.07, 6.45) is 0. The summed E-state index contributed by atoms with van der Waals surface area (Å²) in [5.74, 6) is 0.0306. The lowest BCUT2D eigenvalue weighted by Crippen LogP contribution is -2.41. The van der Waals surface area contributed by atoms with Crippen molar-refractivity contribution in [2.24, 2.45) is 0 Å². The predicted molar refractivity (Wildman–Crippen MR) is 75.9 cm³/mol. The Morgan fingerprint density at radius 2 is 2.11 bits per heavy atom. The standard InChI is InChI=1S/C13H17N3OS/c1-9-14-11-6-5-10(7-12(11)18-9)15-13(17)8-16(2,3)4/h5-7H,8H2,1-4H3/p+1. The first-order valence-electron chi connectivity index (χ1n) is 5.81. The number of anilines is 1. The molecule has 2 rings (SSSR count). The smallest absolute Gasteiger partial charge is 0.279 e. The van der Waals surface area contributed by atoms with Crippen LogP contribution >= 0.6 is 11.3 Å². The number of quaternary nitrogens is 1. The Kier molecular flexibility index (Phi) is 3.36. The highest BCUT2D eigenvalue weighted by molar-refractivity contribution is 7.18. The summed E-state index contributed by atoms with van der Waals surface area (Å²) in [5, 5.41) is 3.97. The van der Waals surface area contributed by atoms with Gasteiger partial charge < -0.3 is 9.80 Å². The minimum atomic E-state index is 0.0306. The predicted octanol–water partition coefficient (Wildman–Crippen LogP) is 2.25. The fraction of sp³-hybridized carbons (Fsp3) is 0.385. The number of amides is 1. The van der Waals surface area contributed by atoms with Gasteiger partial charge in [-0.3, -0.25) is 4.79 Å². The van der Waals surface area contributed by atoms with Crippen LogP contribution in [0.5, 0.6) is 0 Å². The van der Waals surface area contributed by atoms with Crippen LogP contribution < -0.4 is 5.32 Å². The first-order chi connectivity index (χ1) is 8.33. The molecule has 0 atom stereocenters. The third-order valence-electron chi connectivity index (χ3n) is 2.40. The monoisotopic (exact) mass is 264 g/mol. The third kappa shape index (κ3) is 3.27. The molecule has 0 saturated carbocycles. The second kappa shape index (κ2) is 4.66. The second-order valence-corrected chi connectivity index (χ2v) is 6.65. The molecule has 0 aliphatic carbocycles. The van der Waals surface area contributed by atoms with Crippen LogP contribution in [0.1, 0.15) is 5.01 Å². The summed E-state index contributed by atoms with van der Waals surface area (Å²) in [6.45, 7) is 2.44. The first-order valence-corrected chi connectivity index (χ1v) is 6.63. The molecule has 0 bridgehead atoms. The van der Waals surface area contributed by atoms with Gasteiger partial charge in [0.25, 0.3) is 5.91 Å². The molecule has 5 heteroatoms. The Bertz CT molecular complexity index is 583. The number of nitrogens with one attached hydrogen (secondary N) is 1. The fourth-order valence-electron chi connectivity index (χ4n) is 1.75. The Balaban J connectivity index is 2.14. The van der Waals surface area contributed by atoms with Crippen molar-refractivity contribution in [1.82, 2.24) is 4.98 Å². The molecule has 1 amide bonds. The van der Waals surface area contributed by atoms with E-state index in [0.29, 0.717) is 11.0 Å². The molecule has 1 heterocycles. The van der Waals surface area contributed by atoms with Crippen molar-refractivity contribution in [2.45, 2.75) is 6.92 Å². The summed E-state index contributed by atoms with van der Waals surface area (Å²) >= 11 is 1.64. The van der Waals surface area contributed by atoms with Crippen molar-refractivity contribution < 1.29 is 9.28 Å². The van der Waals surface area contributed by atoms with Crippen LogP contribution in [0.3, 0.4) is 0 Å². The van der Waals surface area contributed by atoms with E-state index < -0.39 is 0 Å². The van der Waals surface area contributed by atoms with Crippen LogP contribution in [0.4, 0.5) is 5.69 Å². The van der Waals surface area contributed by atoms with E-state index in [1.807, 2.05) is 46.3 Å². The van der Waals surface area contributed by atoms with Crippen molar-refractivity contribution in [3.8, 4) is 0 Å². The van der Waals surface area contributed by atoms with Crippen LogP contribution in [0.25, 0.3) is 10.2 Å². The van der Waals surface area contributed by atoms with Crippen molar-refractivity contribution in [1.29, 1.82) is 0 Å². The molecule has 0 spiro atoms. The summed E-state index contributed by atoms with van der Waals surface area (Å²) < 4.78 is 1.73. The van der Waals surface area contributed by atoms with Crippen molar-refractivity contribution in [2.75, 3.05) is 33.0 Å². The summed E-state index contributed by atoms with van der Waals surface area (Å²) in [5.41, 5.74) is 1.83. The molecule has 0 fully saturated rings. The van der Waals surface area contributed by atoms with Gasteiger partial charge in [-0.15, -0.1) is 11.3 Å². The van der Waals surface area contributed by atoms with Gasteiger partial charge in [-0.1, -0.05) is 0 Å². The van der Waals surface area contributed by atoms with Crippen LogP contribution in [-0.4, -0.2) is 43.1 Å². The molecule has 0 aliphatic heterocycles. The molecule has 1 aromatic carbocycles. The van der Waals surface area contributed by atoms with Gasteiger partial charge in [0, 0.05) is 5.69 Å². The van der Waals surface area contributed by atoms with Crippen molar-refractivity contribution >= 4 is 33.1 Å². The van der Waals surface area contributed by atoms with E-state index in [9.17, 15) is 4.79 Å². The molecular formula is C13H18N3OS+. The lowest BCUT2D eigenvalue weighted by atomic mass is 10.3. The van der Waals surface area contributed by atoms with Crippen LogP contribution in [-0.2, 0) is 4.79 Å². The van der Waals surface area contributed by atoms with Gasteiger partial charge >= 0.3 is 0 Å². The number of fused-ring (bicyclic) bond motifs is 1. The van der Waals surface area contributed by atoms with E-state index in [0.717, 1.165) is 20.9 Å². The number of aryl methyl sites for hydroxylation is 1. The summed E-state index contributed by atoms with van der Waals surface area (Å²) in [6, 6.07) is 5.82. The zero-order valence-electron chi connectivity index (χ0n) is 11.2. The third-order valence-corrected chi connectivity index (χ3v) is 3.33. The highest BCUT2D eigenvalue weighted by Crippen LogP contribution is 2.24. The number of hydrogen-bond acceptors (Lipinski definition) is 3. The lowest BCUT2D eigenvalue weighted by molar-refractivity contribution is -0.861. The average molecular weight is 264 g/mol. The topological polar surface area (TPSA) is 42.0 Å². The molecule has 0 saturated heterocycles. The average Bonchev–Trinajstić information content (AvgIpc) is 2.53. The Morgan fingerprint density at radius 1 is 1.39 bits per heavy atom. The van der Waals surface area contributed by atoms with Gasteiger partial charge in [-0.2, -0.15) is 0 Å². The molecular weight excluding hydrogens is 246 g/mol. The van der Waals surface area contributed by atoms with Gasteiger partial charge in [0.05, 0.1) is 36.4 Å². The molecule has 4 nitrogen and oxygen atoms in total. The van der Waals surface area contributed by atoms with Gasteiger partial charge in [-0.25, -0.2) is 4.98 Å². The minimum absolute atomic E-state index is 0.0306. The van der Waals surface area contributed by atoms with Gasteiger partial charge in [-0.05, 0) is 25.1 Å². The van der Waals surface area contributed by atoms with Crippen molar-refractivity contribution in [3.63, 3.8) is 0 Å². The Labute approximate surface area is 111 Å². The van der Waals surface area contributed by atoms with E-state index in [1.165, 1.54) is 0 Å². The number of aromatic nitrogens is 1. The van der Waals surface area contributed by atoms with E-state index in [1.54, 1.807) is 11.3 Å². The normalized spacial score (nSPS) is 11.8. The number of carbonyl (C=O) groups is 1. The molecule has 0 aliphatic rings. The van der Waals surface area contributed by atoms with Gasteiger partial charge in [0.1, 0.15) is 0 Å². The number of thiazole rings is 1. The van der Waals surface area contributed by atoms with Gasteiger partial charge in [0.15, 0.2) is 6.54 Å². The highest BCUT2D eigenvalue weighted by Gasteiger charge is 2.14. The summed E-state index contributed by atoms with van der Waals surface area (Å²) in [7, 11) is 5.99. The minimum Gasteiger partial charge on any atom is -0.323 e. The molecule has 96 valence electrons. The van der Waals surface area contributed by atoms with Crippen LogP contribution in [0.2, 0.25) is 0 Å². The SMILES string of the molecule is Cc1nc2ccc(NC(=O)C[N+](C)(C)C)cc2s1. The molecule has 0 unspecified atom stereocenters. The molecule has 0 radical (unpaired) electrons. The van der Waals surface area contributed by atoms with Crippen LogP contribution in [0, 0.1) is 6.92 Å². The molecule has 1 aromatic heterocycles. The zero-order valence-corrected chi connectivity index (χ0v) is 12.0. The molecule has 1 N–H and O–H groups in total. The lowest BCUT2D eigenvalue weighted by Gasteiger charge is -2.22. The number of rotatable bonds is 3. The second-order valence-electron chi connectivity index (χ2n) is 5.41. The van der Waals surface area contributed by atoms with E-state index in [2.05, 4.69) is 10.3 Å². The van der Waals surface area contributed by atoms with Crippen LogP contribution in [0.15, 0.2) is 18.2 Å². The highest BCUT2D eigenvalue weighted by atomic mass is 32.1. The number of hydrogen-bond donors (Lipinski definition) is 1. The largest absolute Gasteiger partial charge is 0.323 e. The maximum absolute atomic E-state index is 11.8. The number of benzene rings is 1. The summed E-state index contributed by atoms with van der Waals surface area (Å²) in [4.78, 5) is 16.2. The van der Waals surface area contributed by atoms with E-state index in [4.69, 9.17) is 0 Å². The maximum Gasteiger partial charge on any atom is 0.279 e. The zero-order chi connectivity index (χ0) is 13.3. The van der Waals surface area contributed by atoms with E-state index in [-0.39, 0.29) is 5.91 Å². The Morgan fingerprint density at radius 3 is 2.78 bits per heavy atom. The number of carbonyl (C=O) groups excluding carboxylic acids is 1. The van der Waals surface area contributed by atoms with E-state index >= 15 is 0 Å². The maximum atomic E-state index is 11.8. The molecule has 2 aromatic rings.